The van der Waals surface area contributed by atoms with Crippen LogP contribution >= 0.6 is 39.3 Å². The van der Waals surface area contributed by atoms with Crippen molar-refractivity contribution in [3.05, 3.63) is 69.2 Å². The summed E-state index contributed by atoms with van der Waals surface area (Å²) >= 11 is 11.0. The number of thioether (sulfide) groups is 1. The minimum atomic E-state index is -0.524. The van der Waals surface area contributed by atoms with Crippen molar-refractivity contribution in [2.45, 2.75) is 63.4 Å². The zero-order chi connectivity index (χ0) is 22.9. The molecule has 0 aromatic heterocycles. The van der Waals surface area contributed by atoms with Crippen molar-refractivity contribution in [3.63, 3.8) is 0 Å². The molecule has 2 aromatic rings. The van der Waals surface area contributed by atoms with E-state index in [0.29, 0.717) is 17.3 Å². The van der Waals surface area contributed by atoms with Gasteiger partial charge in [-0.2, -0.15) is 0 Å². The number of rotatable bonds is 9. The van der Waals surface area contributed by atoms with Crippen molar-refractivity contribution in [1.29, 1.82) is 0 Å². The van der Waals surface area contributed by atoms with E-state index in [0.717, 1.165) is 47.0 Å². The van der Waals surface area contributed by atoms with E-state index in [1.54, 1.807) is 16.7 Å². The van der Waals surface area contributed by atoms with Gasteiger partial charge in [0.15, 0.2) is 0 Å². The van der Waals surface area contributed by atoms with Gasteiger partial charge in [0.2, 0.25) is 11.8 Å². The average molecular weight is 538 g/mol. The van der Waals surface area contributed by atoms with Crippen LogP contribution in [0.2, 0.25) is 5.02 Å². The quantitative estimate of drug-likeness (QED) is 0.414. The molecule has 2 amide bonds. The molecule has 1 fully saturated rings. The SMILES string of the molecule is C[C@H](C(=O)NC1CCCCC1)N(Cc1ccc(Br)cc1)C(=O)CSCc1ccc(Cl)cc1. The van der Waals surface area contributed by atoms with Crippen LogP contribution in [0.15, 0.2) is 53.0 Å². The Morgan fingerprint density at radius 3 is 2.34 bits per heavy atom. The molecule has 0 unspecified atom stereocenters. The Bertz CT molecular complexity index is 886. The molecule has 1 aliphatic rings. The van der Waals surface area contributed by atoms with Gasteiger partial charge < -0.3 is 10.2 Å². The molecule has 1 aliphatic carbocycles. The first kappa shape index (κ1) is 25.1. The third-order valence-corrected chi connectivity index (χ3v) is 7.56. The van der Waals surface area contributed by atoms with Gasteiger partial charge in [0.1, 0.15) is 6.04 Å². The van der Waals surface area contributed by atoms with Crippen molar-refractivity contribution >= 4 is 51.1 Å². The van der Waals surface area contributed by atoms with Crippen LogP contribution in [0.5, 0.6) is 0 Å². The van der Waals surface area contributed by atoms with E-state index in [-0.39, 0.29) is 17.9 Å². The van der Waals surface area contributed by atoms with E-state index in [4.69, 9.17) is 11.6 Å². The molecule has 0 heterocycles. The van der Waals surface area contributed by atoms with Crippen molar-refractivity contribution in [2.24, 2.45) is 0 Å². The lowest BCUT2D eigenvalue weighted by molar-refractivity contribution is -0.139. The maximum absolute atomic E-state index is 13.2. The fourth-order valence-electron chi connectivity index (χ4n) is 3.86. The Labute approximate surface area is 208 Å². The maximum Gasteiger partial charge on any atom is 0.242 e. The molecular formula is C25H30BrClN2O2S. The molecular weight excluding hydrogens is 508 g/mol. The number of halogens is 2. The van der Waals surface area contributed by atoms with E-state index in [1.807, 2.05) is 55.5 Å². The molecule has 4 nitrogen and oxygen atoms in total. The van der Waals surface area contributed by atoms with Crippen molar-refractivity contribution < 1.29 is 9.59 Å². The fourth-order valence-corrected chi connectivity index (χ4v) is 5.12. The molecule has 172 valence electrons. The Morgan fingerprint density at radius 1 is 1.06 bits per heavy atom. The van der Waals surface area contributed by atoms with E-state index in [9.17, 15) is 9.59 Å². The molecule has 2 aromatic carbocycles. The summed E-state index contributed by atoms with van der Waals surface area (Å²) in [4.78, 5) is 27.9. The summed E-state index contributed by atoms with van der Waals surface area (Å²) in [5.41, 5.74) is 2.12. The summed E-state index contributed by atoms with van der Waals surface area (Å²) in [5, 5.41) is 3.88. The monoisotopic (exact) mass is 536 g/mol. The predicted octanol–water partition coefficient (Wildman–Crippen LogP) is 6.20. The van der Waals surface area contributed by atoms with E-state index in [2.05, 4.69) is 21.2 Å². The first-order chi connectivity index (χ1) is 15.4. The largest absolute Gasteiger partial charge is 0.352 e. The summed E-state index contributed by atoms with van der Waals surface area (Å²) in [6.07, 6.45) is 5.59. The molecule has 1 atom stereocenters. The summed E-state index contributed by atoms with van der Waals surface area (Å²) in [6.45, 7) is 2.24. The topological polar surface area (TPSA) is 49.4 Å². The minimum absolute atomic E-state index is 0.0295. The highest BCUT2D eigenvalue weighted by molar-refractivity contribution is 9.10. The Kier molecular flexibility index (Phi) is 9.94. The summed E-state index contributed by atoms with van der Waals surface area (Å²) in [6, 6.07) is 15.2. The molecule has 7 heteroatoms. The zero-order valence-electron chi connectivity index (χ0n) is 18.4. The number of amides is 2. The first-order valence-corrected chi connectivity index (χ1v) is 13.4. The first-order valence-electron chi connectivity index (χ1n) is 11.1. The number of nitrogens with one attached hydrogen (secondary N) is 1. The highest BCUT2D eigenvalue weighted by Crippen LogP contribution is 2.20. The lowest BCUT2D eigenvalue weighted by Crippen LogP contribution is -2.50. The van der Waals surface area contributed by atoms with E-state index < -0.39 is 6.04 Å². The van der Waals surface area contributed by atoms with Gasteiger partial charge in [0.25, 0.3) is 0 Å². The van der Waals surface area contributed by atoms with Crippen molar-refractivity contribution in [3.8, 4) is 0 Å². The number of benzene rings is 2. The molecule has 0 spiro atoms. The summed E-state index contributed by atoms with van der Waals surface area (Å²) in [5.74, 6) is 0.945. The highest BCUT2D eigenvalue weighted by Gasteiger charge is 2.28. The molecule has 1 saturated carbocycles. The predicted molar refractivity (Wildman–Crippen MR) is 137 cm³/mol. The summed E-state index contributed by atoms with van der Waals surface area (Å²) < 4.78 is 0.987. The van der Waals surface area contributed by atoms with Crippen LogP contribution in [0.4, 0.5) is 0 Å². The Balaban J connectivity index is 1.64. The Hall–Kier alpha value is -1.50. The normalized spacial score (nSPS) is 15.2. The second kappa shape index (κ2) is 12.7. The third-order valence-electron chi connectivity index (χ3n) is 5.79. The van der Waals surface area contributed by atoms with Crippen LogP contribution in [0.1, 0.15) is 50.2 Å². The average Bonchev–Trinajstić information content (AvgIpc) is 2.80. The highest BCUT2D eigenvalue weighted by atomic mass is 79.9. The van der Waals surface area contributed by atoms with Gasteiger partial charge in [-0.3, -0.25) is 9.59 Å². The summed E-state index contributed by atoms with van der Waals surface area (Å²) in [7, 11) is 0. The van der Waals surface area contributed by atoms with E-state index in [1.165, 1.54) is 6.42 Å². The van der Waals surface area contributed by atoms with Gasteiger partial charge in [-0.15, -0.1) is 11.8 Å². The standard InChI is InChI=1S/C25H30BrClN2O2S/c1-18(25(31)28-23-5-3-2-4-6-23)29(15-19-7-11-21(26)12-8-19)24(30)17-32-16-20-9-13-22(27)14-10-20/h7-14,18,23H,2-6,15-17H2,1H3,(H,28,31)/t18-/m1/s1. The van der Waals surface area contributed by atoms with Gasteiger partial charge in [0.05, 0.1) is 5.75 Å². The molecule has 1 N–H and O–H groups in total. The van der Waals surface area contributed by atoms with E-state index >= 15 is 0 Å². The van der Waals surface area contributed by atoms with Gasteiger partial charge >= 0.3 is 0 Å². The smallest absolute Gasteiger partial charge is 0.242 e. The van der Waals surface area contributed by atoms with Crippen LogP contribution in [0.25, 0.3) is 0 Å². The molecule has 3 rings (SSSR count). The molecule has 0 bridgehead atoms. The zero-order valence-corrected chi connectivity index (χ0v) is 21.5. The minimum Gasteiger partial charge on any atom is -0.352 e. The fraction of sp³-hybridized carbons (Fsp3) is 0.440. The second-order valence-corrected chi connectivity index (χ2v) is 10.6. The molecule has 0 saturated heterocycles. The van der Waals surface area contributed by atoms with Crippen LogP contribution in [-0.2, 0) is 21.9 Å². The van der Waals surface area contributed by atoms with Crippen LogP contribution in [-0.4, -0.2) is 34.6 Å². The third kappa shape index (κ3) is 7.82. The number of carbonyl (C=O) groups is 2. The van der Waals surface area contributed by atoms with Crippen LogP contribution in [0.3, 0.4) is 0 Å². The molecule has 0 aliphatic heterocycles. The molecule has 32 heavy (non-hydrogen) atoms. The van der Waals surface area contributed by atoms with Crippen molar-refractivity contribution in [2.75, 3.05) is 5.75 Å². The maximum atomic E-state index is 13.2. The van der Waals surface area contributed by atoms with Gasteiger partial charge in [0, 0.05) is 27.8 Å². The van der Waals surface area contributed by atoms with Crippen molar-refractivity contribution in [1.82, 2.24) is 10.2 Å². The lowest BCUT2D eigenvalue weighted by Gasteiger charge is -2.31. The number of hydrogen-bond donors (Lipinski definition) is 1. The lowest BCUT2D eigenvalue weighted by atomic mass is 9.95. The number of hydrogen-bond acceptors (Lipinski definition) is 3. The van der Waals surface area contributed by atoms with Crippen LogP contribution in [0, 0.1) is 0 Å². The Morgan fingerprint density at radius 2 is 1.69 bits per heavy atom. The molecule has 0 radical (unpaired) electrons. The second-order valence-electron chi connectivity index (χ2n) is 8.29. The van der Waals surface area contributed by atoms with Gasteiger partial charge in [-0.1, -0.05) is 71.1 Å². The number of carbonyl (C=O) groups excluding carboxylic acids is 2. The van der Waals surface area contributed by atoms with Gasteiger partial charge in [-0.05, 0) is 55.2 Å². The van der Waals surface area contributed by atoms with Crippen LogP contribution < -0.4 is 5.32 Å². The number of nitrogens with zero attached hydrogens (tertiary/aromatic N) is 1. The van der Waals surface area contributed by atoms with Gasteiger partial charge in [-0.25, -0.2) is 0 Å².